The number of hydrogen-bond donors (Lipinski definition) is 1. The van der Waals surface area contributed by atoms with Crippen LogP contribution >= 0.6 is 0 Å². The minimum atomic E-state index is -0.800. The Bertz CT molecular complexity index is 680. The van der Waals surface area contributed by atoms with E-state index in [4.69, 9.17) is 0 Å². The first-order valence-electron chi connectivity index (χ1n) is 8.68. The molecule has 2 aliphatic rings. The molecule has 3 rings (SSSR count). The van der Waals surface area contributed by atoms with Gasteiger partial charge in [-0.3, -0.25) is 14.5 Å². The number of anilines is 1. The molecule has 1 aromatic carbocycles. The third-order valence-corrected chi connectivity index (χ3v) is 4.93. The highest BCUT2D eigenvalue weighted by Gasteiger charge is 2.51. The Kier molecular flexibility index (Phi) is 4.88. The summed E-state index contributed by atoms with van der Waals surface area (Å²) in [5.41, 5.74) is -0.0853. The van der Waals surface area contributed by atoms with Gasteiger partial charge in [-0.1, -0.05) is 43.5 Å². The van der Waals surface area contributed by atoms with Crippen LogP contribution in [0.3, 0.4) is 0 Å². The Morgan fingerprint density at radius 1 is 1.20 bits per heavy atom. The van der Waals surface area contributed by atoms with Crippen molar-refractivity contribution < 1.29 is 14.4 Å². The molecular weight excluding hydrogens is 318 g/mol. The second-order valence-electron chi connectivity index (χ2n) is 6.59. The van der Waals surface area contributed by atoms with Gasteiger partial charge in [-0.15, -0.1) is 6.58 Å². The van der Waals surface area contributed by atoms with Crippen LogP contribution in [-0.2, 0) is 9.59 Å². The average molecular weight is 341 g/mol. The van der Waals surface area contributed by atoms with E-state index < -0.39 is 11.6 Å². The van der Waals surface area contributed by atoms with Crippen LogP contribution < -0.4 is 10.2 Å². The largest absolute Gasteiger partial charge is 0.325 e. The molecule has 6 heteroatoms. The summed E-state index contributed by atoms with van der Waals surface area (Å²) in [6.45, 7) is 3.75. The van der Waals surface area contributed by atoms with E-state index in [0.717, 1.165) is 24.2 Å². The van der Waals surface area contributed by atoms with Gasteiger partial charge in [-0.25, -0.2) is 4.79 Å². The van der Waals surface area contributed by atoms with Crippen LogP contribution in [0.5, 0.6) is 0 Å². The first-order chi connectivity index (χ1) is 12.1. The van der Waals surface area contributed by atoms with Crippen LogP contribution in [0.2, 0.25) is 0 Å². The second-order valence-corrected chi connectivity index (χ2v) is 6.59. The fourth-order valence-electron chi connectivity index (χ4n) is 3.62. The number of para-hydroxylation sites is 1. The van der Waals surface area contributed by atoms with Gasteiger partial charge in [0.25, 0.3) is 5.91 Å². The zero-order valence-electron chi connectivity index (χ0n) is 14.2. The molecule has 6 nitrogen and oxygen atoms in total. The van der Waals surface area contributed by atoms with Crippen LogP contribution in [0, 0.1) is 0 Å². The Morgan fingerprint density at radius 2 is 1.88 bits per heavy atom. The van der Waals surface area contributed by atoms with Gasteiger partial charge >= 0.3 is 6.03 Å². The van der Waals surface area contributed by atoms with Crippen molar-refractivity contribution in [2.75, 3.05) is 18.0 Å². The van der Waals surface area contributed by atoms with E-state index in [-0.39, 0.29) is 18.4 Å². The van der Waals surface area contributed by atoms with Gasteiger partial charge in [-0.2, -0.15) is 0 Å². The van der Waals surface area contributed by atoms with Crippen molar-refractivity contribution >= 4 is 23.5 Å². The molecule has 0 unspecified atom stereocenters. The van der Waals surface area contributed by atoms with E-state index in [9.17, 15) is 14.4 Å². The number of carbonyl (C=O) groups is 3. The first kappa shape index (κ1) is 17.2. The zero-order valence-corrected chi connectivity index (χ0v) is 14.2. The van der Waals surface area contributed by atoms with E-state index in [1.165, 1.54) is 4.90 Å². The van der Waals surface area contributed by atoms with Gasteiger partial charge in [0.1, 0.15) is 12.1 Å². The van der Waals surface area contributed by atoms with Gasteiger partial charge in [0.05, 0.1) is 0 Å². The Hall–Kier alpha value is -2.63. The summed E-state index contributed by atoms with van der Waals surface area (Å²) in [5.74, 6) is -0.570. The van der Waals surface area contributed by atoms with E-state index in [0.29, 0.717) is 25.1 Å². The smallest absolute Gasteiger partial charge is 0.323 e. The lowest BCUT2D eigenvalue weighted by molar-refractivity contribution is -0.135. The minimum Gasteiger partial charge on any atom is -0.323 e. The van der Waals surface area contributed by atoms with Gasteiger partial charge in [0, 0.05) is 12.2 Å². The molecule has 132 valence electrons. The van der Waals surface area contributed by atoms with Gasteiger partial charge < -0.3 is 10.2 Å². The lowest BCUT2D eigenvalue weighted by Crippen LogP contribution is -2.49. The van der Waals surface area contributed by atoms with E-state index in [1.54, 1.807) is 6.08 Å². The van der Waals surface area contributed by atoms with Crippen LogP contribution in [0.1, 0.15) is 32.1 Å². The summed E-state index contributed by atoms with van der Waals surface area (Å²) in [4.78, 5) is 40.5. The predicted octanol–water partition coefficient (Wildman–Crippen LogP) is 2.46. The fourth-order valence-corrected chi connectivity index (χ4v) is 3.62. The molecule has 1 saturated carbocycles. The molecule has 0 radical (unpaired) electrons. The monoisotopic (exact) mass is 341 g/mol. The fraction of sp³-hybridized carbons (Fsp3) is 0.421. The molecule has 0 aromatic heterocycles. The number of nitrogens with one attached hydrogen (secondary N) is 1. The van der Waals surface area contributed by atoms with Crippen LogP contribution in [0.25, 0.3) is 0 Å². The number of rotatable bonds is 5. The SMILES string of the molecule is C=CCN(C(=O)CN1C(=O)NC2(CCCCC2)C1=O)c1ccccc1. The number of imide groups is 1. The highest BCUT2D eigenvalue weighted by Crippen LogP contribution is 2.33. The van der Waals surface area contributed by atoms with Crippen LogP contribution in [-0.4, -0.2) is 41.4 Å². The lowest BCUT2D eigenvalue weighted by atomic mass is 9.82. The van der Waals surface area contributed by atoms with Crippen LogP contribution in [0.4, 0.5) is 10.5 Å². The zero-order chi connectivity index (χ0) is 17.9. The summed E-state index contributed by atoms with van der Waals surface area (Å²) >= 11 is 0. The normalized spacial score (nSPS) is 19.0. The highest BCUT2D eigenvalue weighted by molar-refractivity contribution is 6.10. The third kappa shape index (κ3) is 3.29. The summed E-state index contributed by atoms with van der Waals surface area (Å²) in [7, 11) is 0. The van der Waals surface area contributed by atoms with Gasteiger partial charge in [0.2, 0.25) is 5.91 Å². The van der Waals surface area contributed by atoms with E-state index in [2.05, 4.69) is 11.9 Å². The van der Waals surface area contributed by atoms with Crippen molar-refractivity contribution in [3.05, 3.63) is 43.0 Å². The average Bonchev–Trinajstić information content (AvgIpc) is 2.85. The Labute approximate surface area is 147 Å². The van der Waals surface area contributed by atoms with Crippen molar-refractivity contribution in [3.63, 3.8) is 0 Å². The second kappa shape index (κ2) is 7.09. The molecule has 0 bridgehead atoms. The molecule has 4 amide bonds. The number of hydrogen-bond acceptors (Lipinski definition) is 3. The standard InChI is InChI=1S/C19H23N3O3/c1-2-13-21(15-9-5-3-6-10-15)16(23)14-22-17(24)19(20-18(22)25)11-7-4-8-12-19/h2-3,5-6,9-10H,1,4,7-8,11-14H2,(H,20,25). The third-order valence-electron chi connectivity index (χ3n) is 4.93. The van der Waals surface area contributed by atoms with Gasteiger partial charge in [-0.05, 0) is 25.0 Å². The molecule has 1 aliphatic carbocycles. The molecule has 25 heavy (non-hydrogen) atoms. The van der Waals surface area contributed by atoms with Crippen molar-refractivity contribution in [1.29, 1.82) is 0 Å². The summed E-state index contributed by atoms with van der Waals surface area (Å²) < 4.78 is 0. The Balaban J connectivity index is 1.76. The summed E-state index contributed by atoms with van der Waals surface area (Å²) in [5, 5.41) is 2.83. The molecule has 0 atom stereocenters. The molecule has 2 fully saturated rings. The number of nitrogens with zero attached hydrogens (tertiary/aromatic N) is 2. The number of carbonyl (C=O) groups excluding carboxylic acids is 3. The molecule has 1 spiro atoms. The number of amides is 4. The molecule has 1 saturated heterocycles. The summed E-state index contributed by atoms with van der Waals surface area (Å²) in [6, 6.07) is 8.70. The number of benzene rings is 1. The predicted molar refractivity (Wildman–Crippen MR) is 95.1 cm³/mol. The first-order valence-corrected chi connectivity index (χ1v) is 8.68. The molecule has 1 aliphatic heterocycles. The number of urea groups is 1. The maximum atomic E-state index is 12.8. The van der Waals surface area contributed by atoms with Crippen molar-refractivity contribution in [2.45, 2.75) is 37.6 Å². The molecular formula is C19H23N3O3. The molecule has 1 heterocycles. The van der Waals surface area contributed by atoms with Gasteiger partial charge in [0.15, 0.2) is 0 Å². The van der Waals surface area contributed by atoms with Crippen molar-refractivity contribution in [1.82, 2.24) is 10.2 Å². The molecule has 1 N–H and O–H groups in total. The highest BCUT2D eigenvalue weighted by atomic mass is 16.2. The van der Waals surface area contributed by atoms with E-state index >= 15 is 0 Å². The minimum absolute atomic E-state index is 0.255. The maximum absolute atomic E-state index is 12.8. The van der Waals surface area contributed by atoms with E-state index in [1.807, 2.05) is 30.3 Å². The van der Waals surface area contributed by atoms with Crippen LogP contribution in [0.15, 0.2) is 43.0 Å². The maximum Gasteiger partial charge on any atom is 0.325 e. The summed E-state index contributed by atoms with van der Waals surface area (Å²) in [6.07, 6.45) is 5.83. The molecule has 1 aromatic rings. The lowest BCUT2D eigenvalue weighted by Gasteiger charge is -2.30. The topological polar surface area (TPSA) is 69.7 Å². The quantitative estimate of drug-likeness (QED) is 0.661. The van der Waals surface area contributed by atoms with Crippen molar-refractivity contribution in [2.24, 2.45) is 0 Å². The Morgan fingerprint density at radius 3 is 2.52 bits per heavy atom. The van der Waals surface area contributed by atoms with Crippen molar-refractivity contribution in [3.8, 4) is 0 Å².